The average Bonchev–Trinajstić information content (AvgIpc) is 1.99. The maximum absolute atomic E-state index is 13.3. The van der Waals surface area contributed by atoms with E-state index in [1.54, 1.807) is 6.08 Å². The SMILES string of the molecule is CCC1=CC(Cl)=C(O)C(F)(Cl)C1. The van der Waals surface area contributed by atoms with Crippen LogP contribution in [0.2, 0.25) is 0 Å². The van der Waals surface area contributed by atoms with E-state index < -0.39 is 10.9 Å². The van der Waals surface area contributed by atoms with Gasteiger partial charge in [-0.15, -0.1) is 0 Å². The first-order valence-electron chi connectivity index (χ1n) is 3.64. The van der Waals surface area contributed by atoms with Crippen LogP contribution >= 0.6 is 23.2 Å². The van der Waals surface area contributed by atoms with Gasteiger partial charge in [-0.1, -0.05) is 35.7 Å². The van der Waals surface area contributed by atoms with Gasteiger partial charge in [0.1, 0.15) is 0 Å². The van der Waals surface area contributed by atoms with Crippen molar-refractivity contribution in [1.82, 2.24) is 0 Å². The third-order valence-electron chi connectivity index (χ3n) is 1.81. The van der Waals surface area contributed by atoms with Crippen LogP contribution in [0.1, 0.15) is 19.8 Å². The highest BCUT2D eigenvalue weighted by atomic mass is 35.5. The third kappa shape index (κ3) is 1.75. The van der Waals surface area contributed by atoms with Gasteiger partial charge in [-0.2, -0.15) is 0 Å². The Labute approximate surface area is 80.5 Å². The minimum Gasteiger partial charge on any atom is -0.506 e. The zero-order valence-electron chi connectivity index (χ0n) is 6.57. The second kappa shape index (κ2) is 3.27. The number of halogens is 3. The van der Waals surface area contributed by atoms with Crippen molar-refractivity contribution in [2.45, 2.75) is 24.9 Å². The maximum Gasteiger partial charge on any atom is 0.244 e. The number of allylic oxidation sites excluding steroid dienone is 4. The van der Waals surface area contributed by atoms with E-state index in [2.05, 4.69) is 0 Å². The molecule has 1 atom stereocenters. The first-order valence-corrected chi connectivity index (χ1v) is 4.39. The van der Waals surface area contributed by atoms with Crippen LogP contribution < -0.4 is 0 Å². The van der Waals surface area contributed by atoms with Crippen LogP contribution in [0.15, 0.2) is 22.4 Å². The zero-order chi connectivity index (χ0) is 9.35. The Morgan fingerprint density at radius 1 is 1.75 bits per heavy atom. The molecule has 0 heterocycles. The van der Waals surface area contributed by atoms with E-state index in [4.69, 9.17) is 28.3 Å². The quantitative estimate of drug-likeness (QED) is 0.656. The molecular weight excluding hydrogens is 202 g/mol. The third-order valence-corrected chi connectivity index (χ3v) is 2.41. The van der Waals surface area contributed by atoms with Crippen molar-refractivity contribution in [3.8, 4) is 0 Å². The number of aliphatic hydroxyl groups is 1. The second-order valence-corrected chi connectivity index (χ2v) is 3.74. The number of aliphatic hydroxyl groups excluding tert-OH is 1. The number of hydrogen-bond acceptors (Lipinski definition) is 1. The van der Waals surface area contributed by atoms with E-state index in [9.17, 15) is 4.39 Å². The Hall–Kier alpha value is -0.210. The Balaban J connectivity index is 3.02. The first-order chi connectivity index (χ1) is 5.47. The molecule has 0 radical (unpaired) electrons. The normalized spacial score (nSPS) is 30.5. The minimum atomic E-state index is -2.21. The first kappa shape index (κ1) is 9.87. The highest BCUT2D eigenvalue weighted by Gasteiger charge is 2.37. The van der Waals surface area contributed by atoms with Crippen LogP contribution in [0.25, 0.3) is 0 Å². The summed E-state index contributed by atoms with van der Waals surface area (Å²) in [6, 6.07) is 0. The van der Waals surface area contributed by atoms with Gasteiger partial charge in [0.05, 0.1) is 5.03 Å². The summed E-state index contributed by atoms with van der Waals surface area (Å²) in [5.41, 5.74) is 0.801. The molecule has 1 N–H and O–H groups in total. The van der Waals surface area contributed by atoms with Crippen LogP contribution in [0.4, 0.5) is 4.39 Å². The van der Waals surface area contributed by atoms with Crippen molar-refractivity contribution < 1.29 is 9.50 Å². The summed E-state index contributed by atoms with van der Waals surface area (Å²) in [5.74, 6) is -0.581. The molecular formula is C8H9Cl2FO. The van der Waals surface area contributed by atoms with Gasteiger partial charge in [0.2, 0.25) is 5.13 Å². The fourth-order valence-corrected chi connectivity index (χ4v) is 1.70. The van der Waals surface area contributed by atoms with Crippen molar-refractivity contribution >= 4 is 23.2 Å². The number of alkyl halides is 2. The van der Waals surface area contributed by atoms with Crippen LogP contribution in [0, 0.1) is 0 Å². The lowest BCUT2D eigenvalue weighted by atomic mass is 9.99. The van der Waals surface area contributed by atoms with Gasteiger partial charge in [-0.25, -0.2) is 4.39 Å². The summed E-state index contributed by atoms with van der Waals surface area (Å²) in [7, 11) is 0. The minimum absolute atomic E-state index is 0.00407. The topological polar surface area (TPSA) is 20.2 Å². The summed E-state index contributed by atoms with van der Waals surface area (Å²) in [4.78, 5) is 0. The fraction of sp³-hybridized carbons (Fsp3) is 0.500. The van der Waals surface area contributed by atoms with E-state index >= 15 is 0 Å². The van der Waals surface area contributed by atoms with Crippen LogP contribution in [-0.4, -0.2) is 10.2 Å². The van der Waals surface area contributed by atoms with E-state index in [1.165, 1.54) is 0 Å². The van der Waals surface area contributed by atoms with Crippen molar-refractivity contribution in [2.75, 3.05) is 0 Å². The summed E-state index contributed by atoms with van der Waals surface area (Å²) >= 11 is 10.9. The molecule has 1 rings (SSSR count). The van der Waals surface area contributed by atoms with Crippen molar-refractivity contribution in [2.24, 2.45) is 0 Å². The van der Waals surface area contributed by atoms with Gasteiger partial charge >= 0.3 is 0 Å². The molecule has 1 unspecified atom stereocenters. The van der Waals surface area contributed by atoms with E-state index in [1.807, 2.05) is 6.92 Å². The lowest BCUT2D eigenvalue weighted by molar-refractivity contribution is 0.216. The van der Waals surface area contributed by atoms with Gasteiger partial charge in [-0.05, 0) is 12.5 Å². The molecule has 1 aliphatic rings. The van der Waals surface area contributed by atoms with Crippen LogP contribution in [0.3, 0.4) is 0 Å². The Morgan fingerprint density at radius 3 is 2.75 bits per heavy atom. The van der Waals surface area contributed by atoms with Gasteiger partial charge in [0.15, 0.2) is 5.76 Å². The zero-order valence-corrected chi connectivity index (χ0v) is 8.08. The Morgan fingerprint density at radius 2 is 2.33 bits per heavy atom. The highest BCUT2D eigenvalue weighted by molar-refractivity contribution is 6.33. The predicted octanol–water partition coefficient (Wildman–Crippen LogP) is 3.64. The molecule has 0 aromatic heterocycles. The molecule has 12 heavy (non-hydrogen) atoms. The fourth-order valence-electron chi connectivity index (χ4n) is 1.07. The summed E-state index contributed by atoms with van der Waals surface area (Å²) in [6.45, 7) is 1.88. The van der Waals surface area contributed by atoms with Crippen molar-refractivity contribution in [1.29, 1.82) is 0 Å². The second-order valence-electron chi connectivity index (χ2n) is 2.73. The van der Waals surface area contributed by atoms with Gasteiger partial charge in [0.25, 0.3) is 0 Å². The van der Waals surface area contributed by atoms with E-state index in [0.29, 0.717) is 6.42 Å². The molecule has 0 saturated carbocycles. The molecule has 0 aromatic rings. The van der Waals surface area contributed by atoms with Gasteiger partial charge < -0.3 is 5.11 Å². The molecule has 0 spiro atoms. The summed E-state index contributed by atoms with van der Waals surface area (Å²) < 4.78 is 13.3. The number of hydrogen-bond donors (Lipinski definition) is 1. The Kier molecular flexibility index (Phi) is 2.69. The number of rotatable bonds is 1. The highest BCUT2D eigenvalue weighted by Crippen LogP contribution is 2.40. The smallest absolute Gasteiger partial charge is 0.244 e. The predicted molar refractivity (Wildman–Crippen MR) is 48.2 cm³/mol. The molecule has 0 bridgehead atoms. The standard InChI is InChI=1S/C8H9Cl2FO/c1-2-5-3-6(9)7(12)8(10,11)4-5/h3,12H,2,4H2,1H3. The van der Waals surface area contributed by atoms with Gasteiger partial charge in [0, 0.05) is 6.42 Å². The molecule has 0 aromatic carbocycles. The van der Waals surface area contributed by atoms with Crippen LogP contribution in [0.5, 0.6) is 0 Å². The van der Waals surface area contributed by atoms with Crippen LogP contribution in [-0.2, 0) is 0 Å². The molecule has 68 valence electrons. The summed E-state index contributed by atoms with van der Waals surface area (Å²) in [6.07, 6.45) is 2.24. The molecule has 0 amide bonds. The van der Waals surface area contributed by atoms with Crippen molar-refractivity contribution in [3.63, 3.8) is 0 Å². The molecule has 0 fully saturated rings. The van der Waals surface area contributed by atoms with Gasteiger partial charge in [-0.3, -0.25) is 0 Å². The Bertz CT molecular complexity index is 256. The molecule has 1 aliphatic carbocycles. The molecule has 0 aliphatic heterocycles. The molecule has 1 nitrogen and oxygen atoms in total. The lowest BCUT2D eigenvalue weighted by Gasteiger charge is -2.23. The van der Waals surface area contributed by atoms with Crippen molar-refractivity contribution in [3.05, 3.63) is 22.4 Å². The lowest BCUT2D eigenvalue weighted by Crippen LogP contribution is -2.22. The molecule has 4 heteroatoms. The molecule has 0 saturated heterocycles. The van der Waals surface area contributed by atoms with E-state index in [-0.39, 0.29) is 11.5 Å². The summed E-state index contributed by atoms with van der Waals surface area (Å²) in [5, 5.41) is 6.90. The largest absolute Gasteiger partial charge is 0.506 e. The maximum atomic E-state index is 13.3. The average molecular weight is 211 g/mol. The van der Waals surface area contributed by atoms with E-state index in [0.717, 1.165) is 5.57 Å². The monoisotopic (exact) mass is 210 g/mol.